The van der Waals surface area contributed by atoms with Gasteiger partial charge in [0.2, 0.25) is 17.7 Å². The van der Waals surface area contributed by atoms with Crippen molar-refractivity contribution < 1.29 is 42.9 Å². The molecular formula is C54H68N10O9. The van der Waals surface area contributed by atoms with Crippen LogP contribution in [0.25, 0.3) is 0 Å². The van der Waals surface area contributed by atoms with Crippen LogP contribution in [0.3, 0.4) is 0 Å². The highest BCUT2D eigenvalue weighted by molar-refractivity contribution is 6.10. The third kappa shape index (κ3) is 15.5. The number of fused-ring (bicyclic) bond motifs is 1. The number of aromatic nitrogens is 1. The minimum Gasteiger partial charge on any atom is -0.494 e. The van der Waals surface area contributed by atoms with Crippen molar-refractivity contribution in [1.82, 2.24) is 31.2 Å². The van der Waals surface area contributed by atoms with Gasteiger partial charge in [0.15, 0.2) is 0 Å². The number of hydrogen-bond donors (Lipinski definition) is 8. The van der Waals surface area contributed by atoms with Gasteiger partial charge < -0.3 is 50.4 Å². The summed E-state index contributed by atoms with van der Waals surface area (Å²) >= 11 is 0. The van der Waals surface area contributed by atoms with Crippen LogP contribution < -0.4 is 36.6 Å². The van der Waals surface area contributed by atoms with E-state index >= 15 is 0 Å². The summed E-state index contributed by atoms with van der Waals surface area (Å²) in [5, 5.41) is 35.8. The minimum absolute atomic E-state index is 0.125. The molecule has 5 amide bonds. The van der Waals surface area contributed by atoms with Gasteiger partial charge in [0.1, 0.15) is 23.5 Å². The fourth-order valence-electron chi connectivity index (χ4n) is 9.02. The number of hydrogen-bond acceptors (Lipinski definition) is 14. The molecule has 3 aliphatic heterocycles. The molecule has 3 aliphatic rings. The molecule has 2 fully saturated rings. The standard InChI is InChI=1S/C54H68N10O9/c1-37(59-50(67)40-11-6-12-41(34-40)63-54(21-25-58-26-22-54)53(56)62-49(55)38-19-23-57-24-20-38)39-10-7-13-42(35-39)73-29-5-3-2-4-27-70-30-32-72-33-31-71-28-9-16-47(65)60-45-15-8-14-43-44(45)36-64(52(43)69)46-17-18-48(66)61-51(46)68/h6-8,10-15,19-20,23-24,34-35,37,46,58,63H,2-5,9,16-18,21-22,25-33,36H2,1H3,(H,59,67)(H,60,65)(H3,55,56,62)(H,61,66,68)/t37-,46?/m1/s1. The number of nitrogens with one attached hydrogen (secondary N) is 8. The van der Waals surface area contributed by atoms with Crippen LogP contribution in [0.5, 0.6) is 5.75 Å². The number of ether oxygens (including phenoxy) is 4. The van der Waals surface area contributed by atoms with E-state index in [1.165, 1.54) is 4.90 Å². The Morgan fingerprint density at radius 1 is 0.808 bits per heavy atom. The second kappa shape index (κ2) is 27.1. The van der Waals surface area contributed by atoms with Gasteiger partial charge in [-0.3, -0.25) is 45.1 Å². The lowest BCUT2D eigenvalue weighted by Crippen LogP contribution is -2.58. The van der Waals surface area contributed by atoms with Crippen LogP contribution in [0.2, 0.25) is 0 Å². The Kier molecular flexibility index (Phi) is 20.0. The van der Waals surface area contributed by atoms with Gasteiger partial charge in [-0.05, 0) is 125 Å². The number of piperidine rings is 2. The number of carbonyl (C=O) groups is 5. The zero-order valence-electron chi connectivity index (χ0n) is 41.5. The van der Waals surface area contributed by atoms with Gasteiger partial charge in [-0.15, -0.1) is 0 Å². The molecule has 3 aromatic carbocycles. The number of amides is 5. The lowest BCUT2D eigenvalue weighted by Gasteiger charge is -2.40. The molecule has 4 heterocycles. The largest absolute Gasteiger partial charge is 0.494 e. The molecule has 0 spiro atoms. The number of unbranched alkanes of at least 4 members (excludes halogenated alkanes) is 3. The topological polar surface area (TPSA) is 258 Å². The molecule has 4 aromatic rings. The number of anilines is 2. The van der Waals surface area contributed by atoms with Crippen LogP contribution in [-0.4, -0.2) is 122 Å². The van der Waals surface area contributed by atoms with Crippen molar-refractivity contribution in [3.63, 3.8) is 0 Å². The Bertz CT molecular complexity index is 2550. The van der Waals surface area contributed by atoms with Crippen LogP contribution in [-0.2, 0) is 35.1 Å². The normalized spacial score (nSPS) is 16.5. The maximum absolute atomic E-state index is 13.5. The van der Waals surface area contributed by atoms with Crippen LogP contribution >= 0.6 is 0 Å². The molecule has 0 radical (unpaired) electrons. The number of amidine groups is 2. The van der Waals surface area contributed by atoms with Crippen molar-refractivity contribution in [3.05, 3.63) is 119 Å². The average molecular weight is 1000 g/mol. The van der Waals surface area contributed by atoms with Crippen molar-refractivity contribution in [2.45, 2.75) is 95.3 Å². The predicted molar refractivity (Wildman–Crippen MR) is 276 cm³/mol. The Morgan fingerprint density at radius 3 is 2.26 bits per heavy atom. The van der Waals surface area contributed by atoms with E-state index < -0.39 is 17.5 Å². The summed E-state index contributed by atoms with van der Waals surface area (Å²) in [6, 6.07) is 22.7. The summed E-state index contributed by atoms with van der Waals surface area (Å²) in [5.74, 6) is -0.455. The lowest BCUT2D eigenvalue weighted by molar-refractivity contribution is -0.137. The summed E-state index contributed by atoms with van der Waals surface area (Å²) in [6.07, 6.45) is 9.55. The van der Waals surface area contributed by atoms with Crippen LogP contribution in [0.15, 0.2) is 91.3 Å². The van der Waals surface area contributed by atoms with Gasteiger partial charge >= 0.3 is 0 Å². The predicted octanol–water partition coefficient (Wildman–Crippen LogP) is 5.87. The summed E-state index contributed by atoms with van der Waals surface area (Å²) in [4.78, 5) is 68.7. The molecule has 7 rings (SSSR count). The summed E-state index contributed by atoms with van der Waals surface area (Å²) in [7, 11) is 0. The molecule has 73 heavy (non-hydrogen) atoms. The molecule has 0 aliphatic carbocycles. The van der Waals surface area contributed by atoms with E-state index in [0.29, 0.717) is 112 Å². The van der Waals surface area contributed by atoms with E-state index in [2.05, 4.69) is 36.9 Å². The highest BCUT2D eigenvalue weighted by atomic mass is 16.5. The Hall–Kier alpha value is -7.06. The number of nitrogens with zero attached hydrogens (tertiary/aromatic N) is 2. The third-order valence-electron chi connectivity index (χ3n) is 13.1. The molecule has 19 nitrogen and oxygen atoms in total. The zero-order chi connectivity index (χ0) is 51.4. The van der Waals surface area contributed by atoms with Crippen molar-refractivity contribution in [2.75, 3.05) is 70.0 Å². The van der Waals surface area contributed by atoms with E-state index in [1.807, 2.05) is 43.3 Å². The number of imide groups is 1. The minimum atomic E-state index is -0.748. The van der Waals surface area contributed by atoms with Crippen LogP contribution in [0, 0.1) is 10.8 Å². The summed E-state index contributed by atoms with van der Waals surface area (Å²) < 4.78 is 23.0. The number of pyridine rings is 1. The molecule has 1 aromatic heterocycles. The van der Waals surface area contributed by atoms with Crippen molar-refractivity contribution in [1.29, 1.82) is 10.8 Å². The molecule has 19 heteroatoms. The zero-order valence-corrected chi connectivity index (χ0v) is 41.5. The van der Waals surface area contributed by atoms with Gasteiger partial charge in [0.05, 0.1) is 44.6 Å². The first kappa shape index (κ1) is 53.7. The SMILES string of the molecule is C[C@@H](NC(=O)c1cccc(NC2(C(=N)NC(=N)c3ccncc3)CCNCC2)c1)c1cccc(OCCCCCCOCCOCCOCCCC(=O)Nc2cccc3c2CN(C2CCC(=O)NC2=O)C3=O)c1. The van der Waals surface area contributed by atoms with Gasteiger partial charge in [-0.1, -0.05) is 30.7 Å². The Labute approximate surface area is 426 Å². The Morgan fingerprint density at radius 2 is 1.51 bits per heavy atom. The molecule has 0 bridgehead atoms. The first-order valence-electron chi connectivity index (χ1n) is 25.3. The van der Waals surface area contributed by atoms with E-state index in [1.54, 1.807) is 54.9 Å². The van der Waals surface area contributed by atoms with Crippen molar-refractivity contribution in [2.24, 2.45) is 0 Å². The highest BCUT2D eigenvalue weighted by Crippen LogP contribution is 2.33. The number of benzene rings is 3. The van der Waals surface area contributed by atoms with Crippen molar-refractivity contribution >= 4 is 52.6 Å². The molecular weight excluding hydrogens is 933 g/mol. The van der Waals surface area contributed by atoms with Crippen molar-refractivity contribution in [3.8, 4) is 5.75 Å². The fraction of sp³-hybridized carbons (Fsp3) is 0.444. The third-order valence-corrected chi connectivity index (χ3v) is 13.1. The van der Waals surface area contributed by atoms with E-state index in [9.17, 15) is 24.0 Å². The van der Waals surface area contributed by atoms with E-state index in [0.717, 1.165) is 37.0 Å². The number of rotatable bonds is 27. The number of carbonyl (C=O) groups excluding carboxylic acids is 5. The molecule has 2 atom stereocenters. The first-order valence-corrected chi connectivity index (χ1v) is 25.3. The van der Waals surface area contributed by atoms with Crippen LogP contribution in [0.4, 0.5) is 11.4 Å². The molecule has 0 saturated carbocycles. The molecule has 1 unspecified atom stereocenters. The smallest absolute Gasteiger partial charge is 0.255 e. The van der Waals surface area contributed by atoms with Gasteiger partial charge in [-0.2, -0.15) is 0 Å². The Balaban J connectivity index is 0.697. The van der Waals surface area contributed by atoms with Gasteiger partial charge in [0, 0.05) is 78.6 Å². The maximum atomic E-state index is 13.5. The van der Waals surface area contributed by atoms with Crippen LogP contribution in [0.1, 0.15) is 115 Å². The summed E-state index contributed by atoms with van der Waals surface area (Å²) in [5.41, 5.74) is 3.67. The lowest BCUT2D eigenvalue weighted by atomic mass is 9.86. The fourth-order valence-corrected chi connectivity index (χ4v) is 9.02. The second-order valence-corrected chi connectivity index (χ2v) is 18.4. The second-order valence-electron chi connectivity index (χ2n) is 18.4. The first-order chi connectivity index (χ1) is 35.5. The summed E-state index contributed by atoms with van der Waals surface area (Å²) in [6.45, 7) is 6.94. The quantitative estimate of drug-likeness (QED) is 0.0151. The van der Waals surface area contributed by atoms with Gasteiger partial charge in [0.25, 0.3) is 11.8 Å². The molecule has 388 valence electrons. The average Bonchev–Trinajstić information content (AvgIpc) is 3.73. The van der Waals surface area contributed by atoms with E-state index in [-0.39, 0.29) is 67.1 Å². The molecule has 8 N–H and O–H groups in total. The van der Waals surface area contributed by atoms with E-state index in [4.69, 9.17) is 29.8 Å². The van der Waals surface area contributed by atoms with Gasteiger partial charge in [-0.25, -0.2) is 0 Å². The maximum Gasteiger partial charge on any atom is 0.255 e. The molecule has 2 saturated heterocycles. The highest BCUT2D eigenvalue weighted by Gasteiger charge is 2.40. The monoisotopic (exact) mass is 1000 g/mol.